The summed E-state index contributed by atoms with van der Waals surface area (Å²) in [6.07, 6.45) is 6.73. The second-order valence-corrected chi connectivity index (χ2v) is 5.27. The number of ether oxygens (including phenoxy) is 1. The van der Waals surface area contributed by atoms with Crippen LogP contribution in [0, 0.1) is 0 Å². The van der Waals surface area contributed by atoms with Crippen LogP contribution in [0.15, 0.2) is 12.7 Å². The average Bonchev–Trinajstić information content (AvgIpc) is 3.16. The molecule has 2 saturated heterocycles. The minimum atomic E-state index is 0.122. The molecular formula is C11H12ClN7O. The van der Waals surface area contributed by atoms with E-state index in [0.717, 1.165) is 19.3 Å². The fourth-order valence-corrected chi connectivity index (χ4v) is 2.93. The Morgan fingerprint density at radius 3 is 2.95 bits per heavy atom. The topological polar surface area (TPSA) is 90.6 Å². The molecule has 4 rings (SSSR count). The molecule has 2 bridgehead atoms. The van der Waals surface area contributed by atoms with Crippen molar-refractivity contribution in [2.45, 2.75) is 37.5 Å². The Morgan fingerprint density at radius 1 is 1.30 bits per heavy atom. The van der Waals surface area contributed by atoms with Crippen molar-refractivity contribution in [3.63, 3.8) is 0 Å². The van der Waals surface area contributed by atoms with Crippen LogP contribution in [0.25, 0.3) is 5.95 Å². The number of nitrogens with zero attached hydrogens (tertiary/aromatic N) is 6. The Morgan fingerprint density at radius 2 is 2.25 bits per heavy atom. The number of rotatable bonds is 3. The third-order valence-corrected chi connectivity index (χ3v) is 3.81. The van der Waals surface area contributed by atoms with Crippen LogP contribution in [0.4, 0.5) is 5.95 Å². The quantitative estimate of drug-likeness (QED) is 0.896. The maximum atomic E-state index is 5.94. The Hall–Kier alpha value is -1.80. The summed E-state index contributed by atoms with van der Waals surface area (Å²) in [5.41, 5.74) is 0. The number of anilines is 1. The van der Waals surface area contributed by atoms with E-state index in [-0.39, 0.29) is 17.4 Å². The number of hydrogen-bond acceptors (Lipinski definition) is 7. The van der Waals surface area contributed by atoms with E-state index in [0.29, 0.717) is 18.0 Å². The van der Waals surface area contributed by atoms with Gasteiger partial charge >= 0.3 is 0 Å². The zero-order valence-electron chi connectivity index (χ0n) is 10.5. The van der Waals surface area contributed by atoms with E-state index in [1.807, 2.05) is 0 Å². The van der Waals surface area contributed by atoms with E-state index in [2.05, 4.69) is 30.4 Å². The lowest BCUT2D eigenvalue weighted by molar-refractivity contribution is 0.102. The van der Waals surface area contributed by atoms with E-state index in [1.54, 1.807) is 0 Å². The Bertz CT molecular complexity index is 619. The third-order valence-electron chi connectivity index (χ3n) is 3.64. The van der Waals surface area contributed by atoms with Crippen molar-refractivity contribution in [2.24, 2.45) is 0 Å². The zero-order chi connectivity index (χ0) is 13.5. The standard InChI is InChI=1S/C11H12ClN7O/c12-9-16-10(15-7-3-6-1-2-8(7)20-6)18-11(17-9)19-5-13-4-14-19/h4-8H,1-3H2,(H,15,16,17,18). The molecule has 2 aromatic rings. The van der Waals surface area contributed by atoms with Crippen LogP contribution in [-0.4, -0.2) is 48.0 Å². The maximum Gasteiger partial charge on any atom is 0.258 e. The third kappa shape index (κ3) is 2.10. The predicted molar refractivity (Wildman–Crippen MR) is 69.7 cm³/mol. The number of fused-ring (bicyclic) bond motifs is 2. The van der Waals surface area contributed by atoms with Gasteiger partial charge in [0, 0.05) is 0 Å². The van der Waals surface area contributed by atoms with Crippen molar-refractivity contribution < 1.29 is 4.74 Å². The molecule has 1 N–H and O–H groups in total. The molecule has 0 amide bonds. The van der Waals surface area contributed by atoms with Crippen LogP contribution in [0.3, 0.4) is 0 Å². The minimum absolute atomic E-state index is 0.122. The lowest BCUT2D eigenvalue weighted by Crippen LogP contribution is -2.31. The molecule has 2 aliphatic rings. The van der Waals surface area contributed by atoms with Gasteiger partial charge in [-0.15, -0.1) is 0 Å². The molecule has 8 nitrogen and oxygen atoms in total. The summed E-state index contributed by atoms with van der Waals surface area (Å²) in [6.45, 7) is 0. The van der Waals surface area contributed by atoms with E-state index in [9.17, 15) is 0 Å². The summed E-state index contributed by atoms with van der Waals surface area (Å²) < 4.78 is 7.24. The van der Waals surface area contributed by atoms with E-state index in [1.165, 1.54) is 17.3 Å². The van der Waals surface area contributed by atoms with Crippen molar-refractivity contribution in [3.05, 3.63) is 17.9 Å². The molecule has 3 atom stereocenters. The second kappa shape index (κ2) is 4.64. The number of nitrogens with one attached hydrogen (secondary N) is 1. The molecule has 20 heavy (non-hydrogen) atoms. The molecule has 0 aromatic carbocycles. The molecule has 0 spiro atoms. The van der Waals surface area contributed by atoms with Crippen LogP contribution in [0.2, 0.25) is 5.28 Å². The van der Waals surface area contributed by atoms with Gasteiger partial charge in [-0.25, -0.2) is 4.98 Å². The van der Waals surface area contributed by atoms with Crippen molar-refractivity contribution in [2.75, 3.05) is 5.32 Å². The molecule has 0 aliphatic carbocycles. The Labute approximate surface area is 119 Å². The van der Waals surface area contributed by atoms with Gasteiger partial charge in [-0.1, -0.05) is 0 Å². The Kier molecular flexibility index (Phi) is 2.78. The highest BCUT2D eigenvalue weighted by Gasteiger charge is 2.41. The first-order valence-corrected chi connectivity index (χ1v) is 6.84. The van der Waals surface area contributed by atoms with E-state index >= 15 is 0 Å². The van der Waals surface area contributed by atoms with E-state index in [4.69, 9.17) is 16.3 Å². The highest BCUT2D eigenvalue weighted by atomic mass is 35.5. The van der Waals surface area contributed by atoms with Crippen LogP contribution < -0.4 is 5.32 Å². The summed E-state index contributed by atoms with van der Waals surface area (Å²) in [6, 6.07) is 0.232. The van der Waals surface area contributed by atoms with Gasteiger partial charge in [0.15, 0.2) is 0 Å². The van der Waals surface area contributed by atoms with Gasteiger partial charge < -0.3 is 10.1 Å². The fraction of sp³-hybridized carbons (Fsp3) is 0.545. The molecular weight excluding hydrogens is 282 g/mol. The molecule has 2 aromatic heterocycles. The molecule has 2 aliphatic heterocycles. The number of aromatic nitrogens is 6. The zero-order valence-corrected chi connectivity index (χ0v) is 11.2. The van der Waals surface area contributed by atoms with Crippen molar-refractivity contribution in [1.82, 2.24) is 29.7 Å². The molecule has 3 unspecified atom stereocenters. The van der Waals surface area contributed by atoms with Gasteiger partial charge in [0.1, 0.15) is 12.7 Å². The summed E-state index contributed by atoms with van der Waals surface area (Å²) >= 11 is 5.94. The van der Waals surface area contributed by atoms with Gasteiger partial charge in [0.05, 0.1) is 18.2 Å². The monoisotopic (exact) mass is 293 g/mol. The molecule has 9 heteroatoms. The number of hydrogen-bond donors (Lipinski definition) is 1. The molecule has 4 heterocycles. The summed E-state index contributed by atoms with van der Waals surface area (Å²) in [4.78, 5) is 16.3. The highest BCUT2D eigenvalue weighted by molar-refractivity contribution is 6.28. The van der Waals surface area contributed by atoms with Crippen LogP contribution in [0.5, 0.6) is 0 Å². The maximum absolute atomic E-state index is 5.94. The predicted octanol–water partition coefficient (Wildman–Crippen LogP) is 0.837. The first-order chi connectivity index (χ1) is 9.78. The fourth-order valence-electron chi connectivity index (χ4n) is 2.77. The van der Waals surface area contributed by atoms with Gasteiger partial charge in [0.2, 0.25) is 11.2 Å². The molecule has 2 fully saturated rings. The van der Waals surface area contributed by atoms with Gasteiger partial charge in [-0.3, -0.25) is 0 Å². The van der Waals surface area contributed by atoms with Crippen LogP contribution in [0.1, 0.15) is 19.3 Å². The van der Waals surface area contributed by atoms with Crippen molar-refractivity contribution in [3.8, 4) is 5.95 Å². The first-order valence-electron chi connectivity index (χ1n) is 6.46. The van der Waals surface area contributed by atoms with Gasteiger partial charge in [-0.2, -0.15) is 24.7 Å². The Balaban J connectivity index is 1.59. The van der Waals surface area contributed by atoms with Gasteiger partial charge in [-0.05, 0) is 30.9 Å². The summed E-state index contributed by atoms with van der Waals surface area (Å²) in [5.74, 6) is 0.783. The lowest BCUT2D eigenvalue weighted by Gasteiger charge is -2.19. The van der Waals surface area contributed by atoms with Crippen molar-refractivity contribution in [1.29, 1.82) is 0 Å². The number of halogens is 1. The average molecular weight is 294 g/mol. The minimum Gasteiger partial charge on any atom is -0.373 e. The largest absolute Gasteiger partial charge is 0.373 e. The van der Waals surface area contributed by atoms with Crippen LogP contribution >= 0.6 is 11.6 Å². The summed E-state index contributed by atoms with van der Waals surface area (Å²) in [5, 5.41) is 7.38. The molecule has 0 radical (unpaired) electrons. The summed E-state index contributed by atoms with van der Waals surface area (Å²) in [7, 11) is 0. The highest BCUT2D eigenvalue weighted by Crippen LogP contribution is 2.35. The van der Waals surface area contributed by atoms with Gasteiger partial charge in [0.25, 0.3) is 5.95 Å². The second-order valence-electron chi connectivity index (χ2n) is 4.93. The normalized spacial score (nSPS) is 27.9. The molecule has 104 valence electrons. The van der Waals surface area contributed by atoms with Crippen LogP contribution in [-0.2, 0) is 4.74 Å². The molecule has 0 saturated carbocycles. The first kappa shape index (κ1) is 12.0. The lowest BCUT2D eigenvalue weighted by atomic mass is 9.96. The SMILES string of the molecule is Clc1nc(NC2CC3CCC2O3)nc(-n2cncn2)n1. The van der Waals surface area contributed by atoms with E-state index < -0.39 is 0 Å². The smallest absolute Gasteiger partial charge is 0.258 e. The van der Waals surface area contributed by atoms with Crippen molar-refractivity contribution >= 4 is 17.5 Å².